The number of carbonyl (C=O) groups is 2. The average Bonchev–Trinajstić information content (AvgIpc) is 2.53. The fourth-order valence-corrected chi connectivity index (χ4v) is 2.49. The van der Waals surface area contributed by atoms with Crippen molar-refractivity contribution in [3.05, 3.63) is 36.7 Å². The Bertz CT molecular complexity index is 530. The van der Waals surface area contributed by atoms with Crippen LogP contribution in [0.5, 0.6) is 0 Å². The van der Waals surface area contributed by atoms with Gasteiger partial charge < -0.3 is 26.5 Å². The van der Waals surface area contributed by atoms with Gasteiger partial charge in [0, 0.05) is 18.6 Å². The SMILES string of the molecule is COC(=O)[C@H]1CC=C([n+]2ccccc2)C[C@@H]1C(=O)OC.[Br-]. The molecule has 1 aliphatic rings. The van der Waals surface area contributed by atoms with Crippen LogP contribution < -0.4 is 21.5 Å². The van der Waals surface area contributed by atoms with Crippen LogP contribution >= 0.6 is 0 Å². The number of hydrogen-bond donors (Lipinski definition) is 0. The quantitative estimate of drug-likeness (QED) is 0.473. The van der Waals surface area contributed by atoms with Crippen LogP contribution in [0.2, 0.25) is 0 Å². The van der Waals surface area contributed by atoms with E-state index in [0.29, 0.717) is 12.8 Å². The van der Waals surface area contributed by atoms with E-state index in [0.717, 1.165) is 5.70 Å². The lowest BCUT2D eigenvalue weighted by molar-refractivity contribution is -0.584. The molecule has 0 N–H and O–H groups in total. The van der Waals surface area contributed by atoms with Gasteiger partial charge in [-0.15, -0.1) is 0 Å². The predicted octanol–water partition coefficient (Wildman–Crippen LogP) is -1.81. The first-order valence-corrected chi connectivity index (χ1v) is 6.48. The highest BCUT2D eigenvalue weighted by Gasteiger charge is 2.40. The number of allylic oxidation sites excluding steroid dienone is 2. The van der Waals surface area contributed by atoms with Gasteiger partial charge in [-0.05, 0) is 12.5 Å². The second-order valence-electron chi connectivity index (χ2n) is 4.68. The van der Waals surface area contributed by atoms with Crippen molar-refractivity contribution in [1.82, 2.24) is 0 Å². The van der Waals surface area contributed by atoms with Crippen LogP contribution in [0, 0.1) is 11.8 Å². The van der Waals surface area contributed by atoms with Crippen molar-refractivity contribution in [2.75, 3.05) is 14.2 Å². The molecule has 0 spiro atoms. The fraction of sp³-hybridized carbons (Fsp3) is 0.400. The predicted molar refractivity (Wildman–Crippen MR) is 71.2 cm³/mol. The molecule has 0 bridgehead atoms. The summed E-state index contributed by atoms with van der Waals surface area (Å²) in [5.41, 5.74) is 0.987. The van der Waals surface area contributed by atoms with Gasteiger partial charge in [0.05, 0.1) is 26.1 Å². The summed E-state index contributed by atoms with van der Waals surface area (Å²) < 4.78 is 11.5. The number of carbonyl (C=O) groups excluding carboxylic acids is 2. The maximum atomic E-state index is 11.9. The van der Waals surface area contributed by atoms with Crippen molar-refractivity contribution in [3.63, 3.8) is 0 Å². The molecule has 2 rings (SSSR count). The van der Waals surface area contributed by atoms with Crippen LogP contribution in [-0.4, -0.2) is 26.2 Å². The maximum Gasteiger partial charge on any atom is 0.310 e. The van der Waals surface area contributed by atoms with Crippen molar-refractivity contribution < 1.29 is 40.6 Å². The Hall–Kier alpha value is -1.69. The molecule has 0 saturated carbocycles. The number of halogens is 1. The van der Waals surface area contributed by atoms with Crippen molar-refractivity contribution in [2.45, 2.75) is 12.8 Å². The molecule has 1 aliphatic carbocycles. The normalized spacial score (nSPS) is 20.8. The van der Waals surface area contributed by atoms with Gasteiger partial charge in [-0.2, -0.15) is 4.57 Å². The van der Waals surface area contributed by atoms with Crippen LogP contribution in [0.4, 0.5) is 0 Å². The molecular weight excluding hydrogens is 338 g/mol. The lowest BCUT2D eigenvalue weighted by Gasteiger charge is -2.25. The van der Waals surface area contributed by atoms with Gasteiger partial charge in [0.15, 0.2) is 18.1 Å². The van der Waals surface area contributed by atoms with E-state index >= 15 is 0 Å². The molecular formula is C15H18BrNO4. The first-order chi connectivity index (χ1) is 9.67. The van der Waals surface area contributed by atoms with Crippen molar-refractivity contribution in [2.24, 2.45) is 11.8 Å². The third-order valence-electron chi connectivity index (χ3n) is 3.58. The Morgan fingerprint density at radius 2 is 1.62 bits per heavy atom. The number of rotatable bonds is 3. The number of nitrogens with zero attached hydrogens (tertiary/aromatic N) is 1. The lowest BCUT2D eigenvalue weighted by atomic mass is 9.81. The van der Waals surface area contributed by atoms with E-state index in [9.17, 15) is 9.59 Å². The smallest absolute Gasteiger partial charge is 0.310 e. The summed E-state index contributed by atoms with van der Waals surface area (Å²) in [4.78, 5) is 23.7. The number of esters is 2. The van der Waals surface area contributed by atoms with E-state index in [4.69, 9.17) is 9.47 Å². The van der Waals surface area contributed by atoms with Crippen LogP contribution in [-0.2, 0) is 19.1 Å². The zero-order chi connectivity index (χ0) is 14.5. The Kier molecular flexibility index (Phi) is 6.55. The molecule has 0 unspecified atom stereocenters. The summed E-state index contributed by atoms with van der Waals surface area (Å²) in [7, 11) is 2.67. The van der Waals surface area contributed by atoms with E-state index in [1.165, 1.54) is 14.2 Å². The monoisotopic (exact) mass is 355 g/mol. The molecule has 1 aromatic heterocycles. The minimum Gasteiger partial charge on any atom is -1.00 e. The molecule has 0 aromatic carbocycles. The Morgan fingerprint density at radius 3 is 2.19 bits per heavy atom. The highest BCUT2D eigenvalue weighted by molar-refractivity contribution is 5.83. The standard InChI is InChI=1S/C15H18NO4.BrH/c1-19-14(17)12-7-6-11(10-13(12)15(18)20-2)16-8-4-3-5-9-16;/h3-6,8-9,12-13H,7,10H2,1-2H3;1H/q+1;/p-1/t12-,13-;/m0./s1. The van der Waals surface area contributed by atoms with Gasteiger partial charge in [-0.25, -0.2) is 0 Å². The van der Waals surface area contributed by atoms with E-state index in [1.54, 1.807) is 0 Å². The molecule has 21 heavy (non-hydrogen) atoms. The Balaban J connectivity index is 0.00000220. The van der Waals surface area contributed by atoms with Gasteiger partial charge in [-0.3, -0.25) is 9.59 Å². The second-order valence-corrected chi connectivity index (χ2v) is 4.68. The van der Waals surface area contributed by atoms with E-state index in [1.807, 2.05) is 41.2 Å². The van der Waals surface area contributed by atoms with Gasteiger partial charge in [-0.1, -0.05) is 6.07 Å². The Morgan fingerprint density at radius 1 is 1.05 bits per heavy atom. The molecule has 2 atom stereocenters. The van der Waals surface area contributed by atoms with E-state index in [2.05, 4.69) is 0 Å². The maximum absolute atomic E-state index is 11.9. The van der Waals surface area contributed by atoms with Gasteiger partial charge in [0.2, 0.25) is 0 Å². The summed E-state index contributed by atoms with van der Waals surface area (Å²) >= 11 is 0. The largest absolute Gasteiger partial charge is 1.00 e. The number of methoxy groups -OCH3 is 2. The fourth-order valence-electron chi connectivity index (χ4n) is 2.49. The van der Waals surface area contributed by atoms with E-state index < -0.39 is 11.8 Å². The minimum atomic E-state index is -0.500. The summed E-state index contributed by atoms with van der Waals surface area (Å²) in [6.45, 7) is 0. The molecule has 5 nitrogen and oxygen atoms in total. The summed E-state index contributed by atoms with van der Waals surface area (Å²) in [5, 5.41) is 0. The molecule has 0 aliphatic heterocycles. The molecule has 0 amide bonds. The third kappa shape index (κ3) is 3.91. The first-order valence-electron chi connectivity index (χ1n) is 6.48. The number of aromatic nitrogens is 1. The molecule has 6 heteroatoms. The summed E-state index contributed by atoms with van der Waals surface area (Å²) in [5.74, 6) is -1.71. The zero-order valence-corrected chi connectivity index (χ0v) is 13.6. The first kappa shape index (κ1) is 17.4. The summed E-state index contributed by atoms with van der Waals surface area (Å²) in [6, 6.07) is 5.76. The molecule has 1 heterocycles. The number of hydrogen-bond acceptors (Lipinski definition) is 4. The number of ether oxygens (including phenoxy) is 2. The van der Waals surface area contributed by atoms with Gasteiger partial charge >= 0.3 is 11.9 Å². The van der Waals surface area contributed by atoms with Crippen molar-refractivity contribution in [1.29, 1.82) is 0 Å². The topological polar surface area (TPSA) is 56.5 Å². The minimum absolute atomic E-state index is 0. The third-order valence-corrected chi connectivity index (χ3v) is 3.58. The van der Waals surface area contributed by atoms with E-state index in [-0.39, 0.29) is 28.9 Å². The van der Waals surface area contributed by atoms with Gasteiger partial charge in [0.25, 0.3) is 0 Å². The van der Waals surface area contributed by atoms with Crippen LogP contribution in [0.15, 0.2) is 36.7 Å². The number of pyridine rings is 1. The molecule has 1 aromatic rings. The van der Waals surface area contributed by atoms with Crippen LogP contribution in [0.1, 0.15) is 12.8 Å². The zero-order valence-electron chi connectivity index (χ0n) is 12.0. The lowest BCUT2D eigenvalue weighted by Crippen LogP contribution is -3.00. The van der Waals surface area contributed by atoms with Crippen molar-refractivity contribution >= 4 is 17.6 Å². The highest BCUT2D eigenvalue weighted by atomic mass is 79.9. The van der Waals surface area contributed by atoms with Crippen LogP contribution in [0.25, 0.3) is 5.70 Å². The molecule has 0 radical (unpaired) electrons. The van der Waals surface area contributed by atoms with Crippen molar-refractivity contribution in [3.8, 4) is 0 Å². The average molecular weight is 356 g/mol. The molecule has 0 fully saturated rings. The second kappa shape index (κ2) is 7.93. The molecule has 0 saturated heterocycles. The summed E-state index contributed by atoms with van der Waals surface area (Å²) in [6.07, 6.45) is 6.74. The molecule has 114 valence electrons. The van der Waals surface area contributed by atoms with Crippen LogP contribution in [0.3, 0.4) is 0 Å². The highest BCUT2D eigenvalue weighted by Crippen LogP contribution is 2.31. The Labute approximate surface area is 134 Å². The van der Waals surface area contributed by atoms with Gasteiger partial charge in [0.1, 0.15) is 0 Å².